The minimum Gasteiger partial charge on any atom is -0.377 e. The Labute approximate surface area is 129 Å². The Balaban J connectivity index is 1.58. The van der Waals surface area contributed by atoms with E-state index in [9.17, 15) is 0 Å². The van der Waals surface area contributed by atoms with Crippen molar-refractivity contribution in [3.63, 3.8) is 0 Å². The van der Waals surface area contributed by atoms with E-state index in [-0.39, 0.29) is 6.04 Å². The lowest BCUT2D eigenvalue weighted by Gasteiger charge is -2.13. The van der Waals surface area contributed by atoms with Crippen LogP contribution in [-0.2, 0) is 11.3 Å². The molecule has 2 aromatic rings. The number of hydrogen-bond acceptors (Lipinski definition) is 6. The van der Waals surface area contributed by atoms with E-state index < -0.39 is 0 Å². The van der Waals surface area contributed by atoms with Gasteiger partial charge in [0, 0.05) is 18.9 Å². The van der Waals surface area contributed by atoms with E-state index >= 15 is 0 Å². The molecule has 0 spiro atoms. The summed E-state index contributed by atoms with van der Waals surface area (Å²) in [7, 11) is 0. The zero-order valence-corrected chi connectivity index (χ0v) is 12.6. The Hall–Kier alpha value is -2.18. The summed E-state index contributed by atoms with van der Waals surface area (Å²) >= 11 is 0. The second-order valence-corrected chi connectivity index (χ2v) is 5.17. The monoisotopic (exact) mass is 297 g/mol. The van der Waals surface area contributed by atoms with Crippen molar-refractivity contribution in [3.05, 3.63) is 53.9 Å². The lowest BCUT2D eigenvalue weighted by atomic mass is 10.1. The van der Waals surface area contributed by atoms with Gasteiger partial charge in [0.2, 0.25) is 0 Å². The maximum absolute atomic E-state index is 5.31. The molecule has 1 aliphatic heterocycles. The molecule has 0 bridgehead atoms. The molecule has 0 aromatic carbocycles. The van der Waals surface area contributed by atoms with Gasteiger partial charge in [-0.25, -0.2) is 9.97 Å². The largest absolute Gasteiger partial charge is 0.377 e. The summed E-state index contributed by atoms with van der Waals surface area (Å²) < 4.78 is 5.31. The van der Waals surface area contributed by atoms with Crippen molar-refractivity contribution in [2.24, 2.45) is 0 Å². The molecule has 0 unspecified atom stereocenters. The van der Waals surface area contributed by atoms with Crippen LogP contribution >= 0.6 is 0 Å². The first kappa shape index (κ1) is 14.7. The van der Waals surface area contributed by atoms with Gasteiger partial charge >= 0.3 is 0 Å². The Morgan fingerprint density at radius 2 is 2.09 bits per heavy atom. The molecule has 6 nitrogen and oxygen atoms in total. The van der Waals surface area contributed by atoms with Crippen molar-refractivity contribution in [1.82, 2.24) is 25.5 Å². The van der Waals surface area contributed by atoms with E-state index in [1.165, 1.54) is 5.57 Å². The van der Waals surface area contributed by atoms with Crippen LogP contribution in [0.2, 0.25) is 0 Å². The van der Waals surface area contributed by atoms with E-state index in [4.69, 9.17) is 4.74 Å². The van der Waals surface area contributed by atoms with Crippen molar-refractivity contribution in [2.45, 2.75) is 25.9 Å². The molecule has 0 radical (unpaired) electrons. The summed E-state index contributed by atoms with van der Waals surface area (Å²) in [4.78, 5) is 8.47. The number of ether oxygens (including phenoxy) is 1. The van der Waals surface area contributed by atoms with Gasteiger partial charge in [0.25, 0.3) is 0 Å². The SMILES string of the molecule is C[C@@H](NCc1ccc(C2=CCOCC2)nn1)c1ncccn1. The fourth-order valence-corrected chi connectivity index (χ4v) is 2.27. The van der Waals surface area contributed by atoms with Gasteiger partial charge in [-0.15, -0.1) is 0 Å². The second-order valence-electron chi connectivity index (χ2n) is 5.17. The zero-order chi connectivity index (χ0) is 15.2. The van der Waals surface area contributed by atoms with Crippen LogP contribution in [0.15, 0.2) is 36.7 Å². The minimum atomic E-state index is 0.0703. The highest BCUT2D eigenvalue weighted by Gasteiger charge is 2.10. The van der Waals surface area contributed by atoms with E-state index in [2.05, 4.69) is 31.6 Å². The van der Waals surface area contributed by atoms with Crippen molar-refractivity contribution >= 4 is 5.57 Å². The van der Waals surface area contributed by atoms with Crippen molar-refractivity contribution in [2.75, 3.05) is 13.2 Å². The Bertz CT molecular complexity index is 627. The van der Waals surface area contributed by atoms with E-state index in [1.807, 2.05) is 25.1 Å². The topological polar surface area (TPSA) is 72.8 Å². The third kappa shape index (κ3) is 3.72. The molecule has 3 heterocycles. The molecule has 0 amide bonds. The number of nitrogens with one attached hydrogen (secondary N) is 1. The van der Waals surface area contributed by atoms with Gasteiger partial charge < -0.3 is 10.1 Å². The highest BCUT2D eigenvalue weighted by molar-refractivity contribution is 5.62. The van der Waals surface area contributed by atoms with Gasteiger partial charge in [-0.05, 0) is 37.1 Å². The normalized spacial score (nSPS) is 16.1. The molecule has 3 rings (SSSR count). The van der Waals surface area contributed by atoms with Gasteiger partial charge in [-0.1, -0.05) is 6.08 Å². The third-order valence-corrected chi connectivity index (χ3v) is 3.57. The van der Waals surface area contributed by atoms with Crippen LogP contribution in [0.25, 0.3) is 5.57 Å². The van der Waals surface area contributed by atoms with Crippen LogP contribution in [-0.4, -0.2) is 33.4 Å². The fourth-order valence-electron chi connectivity index (χ4n) is 2.27. The molecular formula is C16H19N5O. The maximum atomic E-state index is 5.31. The van der Waals surface area contributed by atoms with Crippen molar-refractivity contribution in [3.8, 4) is 0 Å². The minimum absolute atomic E-state index is 0.0703. The quantitative estimate of drug-likeness (QED) is 0.909. The second kappa shape index (κ2) is 7.20. The number of nitrogens with zero attached hydrogens (tertiary/aromatic N) is 4. The highest BCUT2D eigenvalue weighted by atomic mass is 16.5. The summed E-state index contributed by atoms with van der Waals surface area (Å²) in [5.41, 5.74) is 3.05. The van der Waals surface area contributed by atoms with E-state index in [0.717, 1.165) is 30.2 Å². The smallest absolute Gasteiger partial charge is 0.144 e. The van der Waals surface area contributed by atoms with E-state index in [0.29, 0.717) is 13.2 Å². The van der Waals surface area contributed by atoms with Crippen LogP contribution in [0.3, 0.4) is 0 Å². The van der Waals surface area contributed by atoms with Gasteiger partial charge in [-0.3, -0.25) is 0 Å². The fraction of sp³-hybridized carbons (Fsp3) is 0.375. The lowest BCUT2D eigenvalue weighted by Crippen LogP contribution is -2.21. The molecule has 114 valence electrons. The highest BCUT2D eigenvalue weighted by Crippen LogP contribution is 2.18. The predicted molar refractivity (Wildman–Crippen MR) is 82.7 cm³/mol. The average molecular weight is 297 g/mol. The molecule has 1 aliphatic rings. The average Bonchev–Trinajstić information content (AvgIpc) is 2.61. The Morgan fingerprint density at radius 1 is 1.23 bits per heavy atom. The molecule has 1 atom stereocenters. The standard InChI is InChI=1S/C16H19N5O/c1-12(16-17-7-2-8-18-16)19-11-14-3-4-15(21-20-14)13-5-9-22-10-6-13/h2-5,7-8,12,19H,6,9-11H2,1H3/t12-/m1/s1. The summed E-state index contributed by atoms with van der Waals surface area (Å²) in [6, 6.07) is 5.90. The number of hydrogen-bond donors (Lipinski definition) is 1. The summed E-state index contributed by atoms with van der Waals surface area (Å²) in [5, 5.41) is 11.9. The molecule has 0 saturated carbocycles. The van der Waals surface area contributed by atoms with Crippen LogP contribution < -0.4 is 5.32 Å². The van der Waals surface area contributed by atoms with Gasteiger partial charge in [0.05, 0.1) is 30.6 Å². The first-order valence-electron chi connectivity index (χ1n) is 7.43. The van der Waals surface area contributed by atoms with Gasteiger partial charge in [0.1, 0.15) is 5.82 Å². The first-order valence-corrected chi connectivity index (χ1v) is 7.43. The molecular weight excluding hydrogens is 278 g/mol. The Kier molecular flexibility index (Phi) is 4.82. The predicted octanol–water partition coefficient (Wildman–Crippen LogP) is 1.92. The van der Waals surface area contributed by atoms with Gasteiger partial charge in [-0.2, -0.15) is 10.2 Å². The Morgan fingerprint density at radius 3 is 2.77 bits per heavy atom. The van der Waals surface area contributed by atoms with Crippen LogP contribution in [0.5, 0.6) is 0 Å². The van der Waals surface area contributed by atoms with Gasteiger partial charge in [0.15, 0.2) is 0 Å². The molecule has 22 heavy (non-hydrogen) atoms. The third-order valence-electron chi connectivity index (χ3n) is 3.57. The zero-order valence-electron chi connectivity index (χ0n) is 12.6. The van der Waals surface area contributed by atoms with Crippen LogP contribution in [0.1, 0.15) is 36.6 Å². The van der Waals surface area contributed by atoms with Crippen LogP contribution in [0.4, 0.5) is 0 Å². The lowest BCUT2D eigenvalue weighted by molar-refractivity contribution is 0.161. The molecule has 2 aromatic heterocycles. The van der Waals surface area contributed by atoms with Crippen molar-refractivity contribution < 1.29 is 4.74 Å². The number of rotatable bonds is 5. The van der Waals surface area contributed by atoms with Crippen molar-refractivity contribution in [1.29, 1.82) is 0 Å². The molecule has 6 heteroatoms. The first-order chi connectivity index (χ1) is 10.8. The number of aromatic nitrogens is 4. The van der Waals surface area contributed by atoms with E-state index in [1.54, 1.807) is 12.4 Å². The molecule has 1 N–H and O–H groups in total. The maximum Gasteiger partial charge on any atom is 0.144 e. The van der Waals surface area contributed by atoms with Crippen LogP contribution in [0, 0.1) is 0 Å². The molecule has 0 saturated heterocycles. The molecule has 0 fully saturated rings. The summed E-state index contributed by atoms with van der Waals surface area (Å²) in [6.45, 7) is 4.08. The summed E-state index contributed by atoms with van der Waals surface area (Å²) in [5.74, 6) is 0.777. The molecule has 0 aliphatic carbocycles. The summed E-state index contributed by atoms with van der Waals surface area (Å²) in [6.07, 6.45) is 6.46.